The average Bonchev–Trinajstić information content (AvgIpc) is 2.45. The maximum atomic E-state index is 9.90. The van der Waals surface area contributed by atoms with Crippen LogP contribution in [0.15, 0.2) is 30.3 Å². The predicted octanol–water partition coefficient (Wildman–Crippen LogP) is 3.64. The van der Waals surface area contributed by atoms with Gasteiger partial charge in [-0.1, -0.05) is 6.07 Å². The maximum Gasteiger partial charge on any atom is 0.200 e. The van der Waals surface area contributed by atoms with Gasteiger partial charge in [0.15, 0.2) is 11.5 Å². The zero-order chi connectivity index (χ0) is 15.4. The standard InChI is InChI=1S/C17H21NO3/c1-11-5-12(2)7-14(6-11)18-10-13-8-15(20-3)17(19)16(9-13)21-4/h5-9,18-19H,10H2,1-4H3. The number of rotatable bonds is 5. The Morgan fingerprint density at radius 1 is 0.905 bits per heavy atom. The number of phenolic OH excluding ortho intramolecular Hbond substituents is 1. The Morgan fingerprint density at radius 2 is 1.43 bits per heavy atom. The monoisotopic (exact) mass is 287 g/mol. The van der Waals surface area contributed by atoms with Crippen molar-refractivity contribution in [2.45, 2.75) is 20.4 Å². The summed E-state index contributed by atoms with van der Waals surface area (Å²) < 4.78 is 10.3. The molecule has 2 aromatic rings. The molecule has 0 aliphatic heterocycles. The number of hydrogen-bond donors (Lipinski definition) is 2. The van der Waals surface area contributed by atoms with Crippen molar-refractivity contribution in [1.29, 1.82) is 0 Å². The fraction of sp³-hybridized carbons (Fsp3) is 0.294. The highest BCUT2D eigenvalue weighted by atomic mass is 16.5. The molecule has 112 valence electrons. The Bertz CT molecular complexity index is 593. The summed E-state index contributed by atoms with van der Waals surface area (Å²) in [6.07, 6.45) is 0. The topological polar surface area (TPSA) is 50.7 Å². The molecule has 4 nitrogen and oxygen atoms in total. The molecule has 0 heterocycles. The number of aryl methyl sites for hydroxylation is 2. The molecule has 0 atom stereocenters. The molecule has 0 radical (unpaired) electrons. The lowest BCUT2D eigenvalue weighted by molar-refractivity contribution is 0.339. The first-order valence-corrected chi connectivity index (χ1v) is 6.79. The maximum absolute atomic E-state index is 9.90. The van der Waals surface area contributed by atoms with Crippen molar-refractivity contribution in [3.8, 4) is 17.2 Å². The van der Waals surface area contributed by atoms with Crippen LogP contribution in [0.5, 0.6) is 17.2 Å². The molecule has 2 aromatic carbocycles. The Morgan fingerprint density at radius 3 is 1.90 bits per heavy atom. The van der Waals surface area contributed by atoms with Gasteiger partial charge < -0.3 is 19.9 Å². The summed E-state index contributed by atoms with van der Waals surface area (Å²) in [6, 6.07) is 9.93. The van der Waals surface area contributed by atoms with Crippen LogP contribution in [0.1, 0.15) is 16.7 Å². The minimum atomic E-state index is 0.0233. The molecule has 0 bridgehead atoms. The van der Waals surface area contributed by atoms with Gasteiger partial charge in [0.1, 0.15) is 0 Å². The molecule has 0 aliphatic rings. The van der Waals surface area contributed by atoms with Gasteiger partial charge in [-0.2, -0.15) is 0 Å². The molecule has 2 N–H and O–H groups in total. The molecule has 4 heteroatoms. The minimum Gasteiger partial charge on any atom is -0.502 e. The molecular formula is C17H21NO3. The van der Waals surface area contributed by atoms with Crippen molar-refractivity contribution < 1.29 is 14.6 Å². The molecule has 0 saturated carbocycles. The van der Waals surface area contributed by atoms with E-state index in [1.54, 1.807) is 12.1 Å². The summed E-state index contributed by atoms with van der Waals surface area (Å²) in [5, 5.41) is 13.3. The van der Waals surface area contributed by atoms with Crippen LogP contribution >= 0.6 is 0 Å². The predicted molar refractivity (Wildman–Crippen MR) is 84.5 cm³/mol. The van der Waals surface area contributed by atoms with Gasteiger partial charge in [-0.15, -0.1) is 0 Å². The van der Waals surface area contributed by atoms with E-state index >= 15 is 0 Å². The zero-order valence-corrected chi connectivity index (χ0v) is 12.9. The van der Waals surface area contributed by atoms with Crippen LogP contribution in [0.4, 0.5) is 5.69 Å². The van der Waals surface area contributed by atoms with Crippen LogP contribution in [-0.4, -0.2) is 19.3 Å². The first-order valence-electron chi connectivity index (χ1n) is 6.79. The number of aromatic hydroxyl groups is 1. The Hall–Kier alpha value is -2.36. The zero-order valence-electron chi connectivity index (χ0n) is 12.9. The average molecular weight is 287 g/mol. The van der Waals surface area contributed by atoms with Crippen molar-refractivity contribution in [3.05, 3.63) is 47.0 Å². The molecule has 0 unspecified atom stereocenters. The summed E-state index contributed by atoms with van der Waals surface area (Å²) in [5.41, 5.74) is 4.48. The van der Waals surface area contributed by atoms with E-state index < -0.39 is 0 Å². The Labute approximate surface area is 125 Å². The number of hydrogen-bond acceptors (Lipinski definition) is 4. The molecule has 0 amide bonds. The second kappa shape index (κ2) is 6.39. The summed E-state index contributed by atoms with van der Waals surface area (Å²) in [7, 11) is 3.05. The molecular weight excluding hydrogens is 266 g/mol. The number of ether oxygens (including phenoxy) is 2. The van der Waals surface area contributed by atoms with E-state index in [1.165, 1.54) is 25.3 Å². The normalized spacial score (nSPS) is 10.3. The van der Waals surface area contributed by atoms with Gasteiger partial charge in [0.25, 0.3) is 0 Å². The van der Waals surface area contributed by atoms with Crippen molar-refractivity contribution in [2.75, 3.05) is 19.5 Å². The van der Waals surface area contributed by atoms with Crippen LogP contribution in [-0.2, 0) is 6.54 Å². The lowest BCUT2D eigenvalue weighted by Crippen LogP contribution is -2.01. The third-order valence-corrected chi connectivity index (χ3v) is 3.26. The van der Waals surface area contributed by atoms with E-state index in [9.17, 15) is 5.11 Å². The van der Waals surface area contributed by atoms with Crippen LogP contribution in [0.3, 0.4) is 0 Å². The van der Waals surface area contributed by atoms with Crippen LogP contribution in [0.25, 0.3) is 0 Å². The molecule has 21 heavy (non-hydrogen) atoms. The van der Waals surface area contributed by atoms with E-state index in [0.29, 0.717) is 18.0 Å². The van der Waals surface area contributed by atoms with Gasteiger partial charge in [0.05, 0.1) is 14.2 Å². The van der Waals surface area contributed by atoms with E-state index in [4.69, 9.17) is 9.47 Å². The summed E-state index contributed by atoms with van der Waals surface area (Å²) in [6.45, 7) is 4.77. The SMILES string of the molecule is COc1cc(CNc2cc(C)cc(C)c2)cc(OC)c1O. The molecule has 0 aromatic heterocycles. The molecule has 2 rings (SSSR count). The smallest absolute Gasteiger partial charge is 0.200 e. The first-order chi connectivity index (χ1) is 10.0. The third-order valence-electron chi connectivity index (χ3n) is 3.26. The number of phenols is 1. The molecule has 0 fully saturated rings. The van der Waals surface area contributed by atoms with E-state index in [0.717, 1.165) is 11.3 Å². The van der Waals surface area contributed by atoms with Gasteiger partial charge in [0, 0.05) is 12.2 Å². The van der Waals surface area contributed by atoms with E-state index in [1.807, 2.05) is 0 Å². The number of anilines is 1. The summed E-state index contributed by atoms with van der Waals surface area (Å²) >= 11 is 0. The highest BCUT2D eigenvalue weighted by molar-refractivity contribution is 5.54. The van der Waals surface area contributed by atoms with Crippen LogP contribution in [0.2, 0.25) is 0 Å². The van der Waals surface area contributed by atoms with Gasteiger partial charge in [-0.25, -0.2) is 0 Å². The van der Waals surface area contributed by atoms with E-state index in [2.05, 4.69) is 37.4 Å². The highest BCUT2D eigenvalue weighted by Gasteiger charge is 2.11. The first kappa shape index (κ1) is 15.0. The third kappa shape index (κ3) is 3.60. The van der Waals surface area contributed by atoms with Gasteiger partial charge in [-0.05, 0) is 54.8 Å². The fourth-order valence-corrected chi connectivity index (χ4v) is 2.33. The van der Waals surface area contributed by atoms with Crippen molar-refractivity contribution in [1.82, 2.24) is 0 Å². The second-order valence-electron chi connectivity index (χ2n) is 5.08. The van der Waals surface area contributed by atoms with Crippen LogP contribution in [0, 0.1) is 13.8 Å². The van der Waals surface area contributed by atoms with Crippen molar-refractivity contribution in [2.24, 2.45) is 0 Å². The number of nitrogens with one attached hydrogen (secondary N) is 1. The van der Waals surface area contributed by atoms with E-state index in [-0.39, 0.29) is 5.75 Å². The molecule has 0 spiro atoms. The quantitative estimate of drug-likeness (QED) is 0.881. The lowest BCUT2D eigenvalue weighted by Gasteiger charge is -2.13. The Balaban J connectivity index is 2.19. The van der Waals surface area contributed by atoms with Crippen LogP contribution < -0.4 is 14.8 Å². The Kier molecular flexibility index (Phi) is 4.58. The number of methoxy groups -OCH3 is 2. The lowest BCUT2D eigenvalue weighted by atomic mass is 10.1. The van der Waals surface area contributed by atoms with Gasteiger partial charge in [0.2, 0.25) is 5.75 Å². The molecule has 0 saturated heterocycles. The van der Waals surface area contributed by atoms with Crippen molar-refractivity contribution >= 4 is 5.69 Å². The van der Waals surface area contributed by atoms with Crippen molar-refractivity contribution in [3.63, 3.8) is 0 Å². The fourth-order valence-electron chi connectivity index (χ4n) is 2.33. The highest BCUT2D eigenvalue weighted by Crippen LogP contribution is 2.37. The van der Waals surface area contributed by atoms with Gasteiger partial charge >= 0.3 is 0 Å². The number of benzene rings is 2. The summed E-state index contributed by atoms with van der Waals surface area (Å²) in [4.78, 5) is 0. The summed E-state index contributed by atoms with van der Waals surface area (Å²) in [5.74, 6) is 0.841. The molecule has 0 aliphatic carbocycles. The largest absolute Gasteiger partial charge is 0.502 e. The second-order valence-corrected chi connectivity index (χ2v) is 5.08. The van der Waals surface area contributed by atoms with Gasteiger partial charge in [-0.3, -0.25) is 0 Å². The minimum absolute atomic E-state index is 0.0233.